The van der Waals surface area contributed by atoms with Crippen molar-refractivity contribution in [2.75, 3.05) is 6.54 Å². The maximum Gasteiger partial charge on any atom is 0.406 e. The number of ether oxygens (including phenoxy) is 1. The largest absolute Gasteiger partial charge is 0.459 e. The standard InChI is InChI=1S/C40H46F4N4O6S/c1-25-16-26(19-29(41)17-25)18-27-10-6-4-3-5-7-11-28-21-39(28,36(51)46-55(52,53)38(2)14-15-38)22-34(49)33-20-30(23-47(33)35(27)50)54-37-45-31-12-8-9-13-32(31)48(37)24-40(42,43)44/h7-9,11-13,16-17,19,27-28,30,33H,3-6,10,14-15,18,20-24H2,1-2H3,(H,46,51)/b11-7-/t27-,28+,30-,33+,39-/m1/s1. The van der Waals surface area contributed by atoms with E-state index in [0.29, 0.717) is 43.2 Å². The number of hydrogen-bond acceptors (Lipinski definition) is 7. The average Bonchev–Trinajstić information content (AvgIpc) is 3.94. The number of imidazole rings is 1. The second-order valence-electron chi connectivity index (χ2n) is 16.2. The Morgan fingerprint density at radius 2 is 1.85 bits per heavy atom. The van der Waals surface area contributed by atoms with E-state index < -0.39 is 74.4 Å². The van der Waals surface area contributed by atoms with Gasteiger partial charge in [-0.25, -0.2) is 12.8 Å². The first kappa shape index (κ1) is 39.0. The number of carbonyl (C=O) groups excluding carboxylic acids is 3. The van der Waals surface area contributed by atoms with Gasteiger partial charge in [-0.15, -0.1) is 0 Å². The fourth-order valence-electron chi connectivity index (χ4n) is 8.26. The molecule has 1 N–H and O–H groups in total. The first-order valence-electron chi connectivity index (χ1n) is 19.0. The van der Waals surface area contributed by atoms with Crippen molar-refractivity contribution in [3.8, 4) is 6.01 Å². The molecule has 0 bridgehead atoms. The van der Waals surface area contributed by atoms with E-state index in [2.05, 4.69) is 9.71 Å². The van der Waals surface area contributed by atoms with Crippen LogP contribution in [0.4, 0.5) is 17.6 Å². The van der Waals surface area contributed by atoms with Gasteiger partial charge in [-0.2, -0.15) is 18.2 Å². The van der Waals surface area contributed by atoms with Gasteiger partial charge in [-0.1, -0.05) is 43.2 Å². The van der Waals surface area contributed by atoms with E-state index in [4.69, 9.17) is 4.74 Å². The zero-order valence-electron chi connectivity index (χ0n) is 30.9. The molecule has 0 spiro atoms. The predicted molar refractivity (Wildman–Crippen MR) is 196 cm³/mol. The van der Waals surface area contributed by atoms with Crippen LogP contribution in [0.25, 0.3) is 11.0 Å². The molecule has 10 nitrogen and oxygen atoms in total. The summed E-state index contributed by atoms with van der Waals surface area (Å²) >= 11 is 0. The molecule has 3 heterocycles. The number of allylic oxidation sites excluding steroid dienone is 2. The Morgan fingerprint density at radius 3 is 2.58 bits per heavy atom. The number of rotatable bonds is 8. The van der Waals surface area contributed by atoms with Crippen LogP contribution in [0.2, 0.25) is 0 Å². The molecule has 2 aromatic carbocycles. The normalized spacial score (nSPS) is 27.8. The smallest absolute Gasteiger partial charge is 0.406 e. The van der Waals surface area contributed by atoms with Gasteiger partial charge in [0.05, 0.1) is 33.8 Å². The molecule has 2 aliphatic heterocycles. The Kier molecular flexibility index (Phi) is 10.4. The summed E-state index contributed by atoms with van der Waals surface area (Å²) in [5, 5.41) is 0. The van der Waals surface area contributed by atoms with Crippen molar-refractivity contribution >= 4 is 38.7 Å². The Hall–Kier alpha value is -4.27. The van der Waals surface area contributed by atoms with Gasteiger partial charge in [0.1, 0.15) is 18.5 Å². The zero-order valence-corrected chi connectivity index (χ0v) is 31.7. The Balaban J connectivity index is 1.22. The lowest BCUT2D eigenvalue weighted by Gasteiger charge is -2.29. The summed E-state index contributed by atoms with van der Waals surface area (Å²) in [6, 6.07) is 9.46. The van der Waals surface area contributed by atoms with Crippen LogP contribution in [0.1, 0.15) is 82.3 Å². The van der Waals surface area contributed by atoms with Crippen LogP contribution in [0, 0.1) is 30.0 Å². The second-order valence-corrected chi connectivity index (χ2v) is 18.4. The first-order valence-corrected chi connectivity index (χ1v) is 20.5. The molecule has 7 rings (SSSR count). The van der Waals surface area contributed by atoms with Crippen molar-refractivity contribution in [1.29, 1.82) is 0 Å². The fourth-order valence-corrected chi connectivity index (χ4v) is 9.59. The van der Waals surface area contributed by atoms with Crippen molar-refractivity contribution in [3.63, 3.8) is 0 Å². The van der Waals surface area contributed by atoms with Crippen LogP contribution in [0.15, 0.2) is 54.6 Å². The van der Waals surface area contributed by atoms with E-state index in [-0.39, 0.29) is 55.2 Å². The van der Waals surface area contributed by atoms with E-state index in [0.717, 1.165) is 17.4 Å². The van der Waals surface area contributed by atoms with Crippen LogP contribution >= 0.6 is 0 Å². The maximum atomic E-state index is 14.7. The number of hydrogen-bond donors (Lipinski definition) is 1. The molecule has 3 aromatic rings. The number of alkyl halides is 3. The SMILES string of the molecule is Cc1cc(F)cc(C[C@H]2CCCCC/C=C\[C@H]3C[C@@]3(C(=O)NS(=O)(=O)C3(C)CC3)CC(=O)[C@@H]3C[C@@H](Oc4nc5ccccc5n4CC(F)(F)F)CN3C2=O)c1. The van der Waals surface area contributed by atoms with E-state index in [1.54, 1.807) is 32.0 Å². The highest BCUT2D eigenvalue weighted by molar-refractivity contribution is 7.91. The van der Waals surface area contributed by atoms with Crippen LogP contribution in [-0.2, 0) is 37.4 Å². The van der Waals surface area contributed by atoms with E-state index in [9.17, 15) is 40.4 Å². The quantitative estimate of drug-likeness (QED) is 0.198. The molecule has 296 valence electrons. The van der Waals surface area contributed by atoms with Gasteiger partial charge >= 0.3 is 6.18 Å². The minimum Gasteiger partial charge on any atom is -0.459 e. The van der Waals surface area contributed by atoms with Gasteiger partial charge in [0, 0.05) is 18.8 Å². The molecule has 2 aliphatic carbocycles. The monoisotopic (exact) mass is 786 g/mol. The van der Waals surface area contributed by atoms with E-state index in [1.165, 1.54) is 23.1 Å². The van der Waals surface area contributed by atoms with Crippen LogP contribution < -0.4 is 9.46 Å². The van der Waals surface area contributed by atoms with Crippen molar-refractivity contribution in [3.05, 3.63) is 71.6 Å². The Bertz CT molecular complexity index is 2110. The van der Waals surface area contributed by atoms with Crippen LogP contribution in [0.3, 0.4) is 0 Å². The number of benzene rings is 2. The molecule has 2 saturated carbocycles. The number of aromatic nitrogens is 2. The number of amides is 2. The predicted octanol–water partition coefficient (Wildman–Crippen LogP) is 6.74. The highest BCUT2D eigenvalue weighted by Gasteiger charge is 2.62. The van der Waals surface area contributed by atoms with E-state index in [1.807, 2.05) is 18.2 Å². The number of halogens is 4. The molecular formula is C40H46F4N4O6S. The minimum atomic E-state index is -4.60. The number of aryl methyl sites for hydroxylation is 1. The molecule has 4 aliphatic rings. The third-order valence-electron chi connectivity index (χ3n) is 11.8. The number of ketones is 1. The lowest BCUT2D eigenvalue weighted by atomic mass is 9.89. The van der Waals surface area contributed by atoms with Gasteiger partial charge in [0.2, 0.25) is 21.8 Å². The molecule has 1 aromatic heterocycles. The second kappa shape index (κ2) is 14.7. The average molecular weight is 787 g/mol. The summed E-state index contributed by atoms with van der Waals surface area (Å²) in [4.78, 5) is 48.8. The van der Waals surface area contributed by atoms with Crippen molar-refractivity contribution < 1.29 is 45.1 Å². The van der Waals surface area contributed by atoms with Crippen molar-refractivity contribution in [1.82, 2.24) is 19.2 Å². The van der Waals surface area contributed by atoms with Gasteiger partial charge in [-0.05, 0) is 100 Å². The summed E-state index contributed by atoms with van der Waals surface area (Å²) in [5.74, 6) is -3.08. The molecule has 15 heteroatoms. The summed E-state index contributed by atoms with van der Waals surface area (Å²) in [6.45, 7) is 1.82. The van der Waals surface area contributed by atoms with Crippen LogP contribution in [0.5, 0.6) is 6.01 Å². The summed E-state index contributed by atoms with van der Waals surface area (Å²) in [7, 11) is -4.01. The van der Waals surface area contributed by atoms with Crippen molar-refractivity contribution in [2.24, 2.45) is 17.3 Å². The number of sulfonamides is 1. The molecule has 2 amide bonds. The van der Waals surface area contributed by atoms with Crippen LogP contribution in [-0.4, -0.2) is 70.1 Å². The summed E-state index contributed by atoms with van der Waals surface area (Å²) < 4.78 is 90.5. The third kappa shape index (κ3) is 8.31. The molecule has 3 fully saturated rings. The topological polar surface area (TPSA) is 128 Å². The minimum absolute atomic E-state index is 0.0832. The fraction of sp³-hybridized carbons (Fsp3) is 0.550. The van der Waals surface area contributed by atoms with Gasteiger partial charge in [0.25, 0.3) is 6.01 Å². The van der Waals surface area contributed by atoms with E-state index >= 15 is 0 Å². The third-order valence-corrected chi connectivity index (χ3v) is 13.9. The molecular weight excluding hydrogens is 741 g/mol. The molecule has 0 unspecified atom stereocenters. The van der Waals surface area contributed by atoms with Gasteiger partial charge in [-0.3, -0.25) is 23.7 Å². The lowest BCUT2D eigenvalue weighted by molar-refractivity contribution is -0.142. The van der Waals surface area contributed by atoms with Gasteiger partial charge in [0.15, 0.2) is 5.78 Å². The molecule has 0 radical (unpaired) electrons. The number of nitrogens with zero attached hydrogens (tertiary/aromatic N) is 3. The summed E-state index contributed by atoms with van der Waals surface area (Å²) in [6.07, 6.45) is 2.56. The number of fused-ring (bicyclic) bond motifs is 3. The lowest BCUT2D eigenvalue weighted by Crippen LogP contribution is -2.47. The van der Waals surface area contributed by atoms with Gasteiger partial charge < -0.3 is 9.64 Å². The number of para-hydroxylation sites is 2. The summed E-state index contributed by atoms with van der Waals surface area (Å²) in [5.41, 5.74) is 0.448. The first-order chi connectivity index (χ1) is 26.0. The highest BCUT2D eigenvalue weighted by Crippen LogP contribution is 2.57. The molecule has 55 heavy (non-hydrogen) atoms. The number of Topliss-reactive ketones (excluding diaryl/α,β-unsaturated/α-hetero) is 1. The number of carbonyl (C=O) groups is 3. The van der Waals surface area contributed by atoms with Crippen molar-refractivity contribution in [2.45, 2.75) is 114 Å². The highest BCUT2D eigenvalue weighted by atomic mass is 32.2. The zero-order chi connectivity index (χ0) is 39.3. The Labute approximate surface area is 317 Å². The number of nitrogens with one attached hydrogen (secondary N) is 1. The maximum absolute atomic E-state index is 14.7. The Morgan fingerprint density at radius 1 is 1.09 bits per heavy atom. The molecule has 5 atom stereocenters. The molecule has 1 saturated heterocycles.